The van der Waals surface area contributed by atoms with Gasteiger partial charge < -0.3 is 0 Å². The Balaban J connectivity index is 2.72. The van der Waals surface area contributed by atoms with Crippen molar-refractivity contribution in [3.63, 3.8) is 0 Å². The Kier molecular flexibility index (Phi) is 3.88. The van der Waals surface area contributed by atoms with Crippen molar-refractivity contribution in [3.8, 4) is 0 Å². The zero-order chi connectivity index (χ0) is 9.84. The van der Waals surface area contributed by atoms with Crippen LogP contribution in [0.25, 0.3) is 0 Å². The van der Waals surface area contributed by atoms with E-state index in [1.54, 1.807) is 12.1 Å². The Morgan fingerprint density at radius 1 is 1.54 bits per heavy atom. The third-order valence-corrected chi connectivity index (χ3v) is 2.29. The van der Waals surface area contributed by atoms with Gasteiger partial charge in [-0.25, -0.2) is 4.39 Å². The van der Waals surface area contributed by atoms with E-state index in [1.165, 1.54) is 6.07 Å². The number of rotatable bonds is 3. The van der Waals surface area contributed by atoms with E-state index in [-0.39, 0.29) is 12.2 Å². The third-order valence-electron chi connectivity index (χ3n) is 1.61. The van der Waals surface area contributed by atoms with Crippen LogP contribution in [-0.2, 0) is 11.2 Å². The smallest absolute Gasteiger partial charge is 0.221 e. The SMILES string of the molecule is O=C(Cl)CCc1ccc(Br)cc1F. The fourth-order valence-corrected chi connectivity index (χ4v) is 1.39. The maximum atomic E-state index is 13.1. The van der Waals surface area contributed by atoms with E-state index in [9.17, 15) is 9.18 Å². The minimum absolute atomic E-state index is 0.167. The summed E-state index contributed by atoms with van der Waals surface area (Å²) in [5.74, 6) is -0.313. The molecular weight excluding hydrogens is 258 g/mol. The van der Waals surface area contributed by atoms with Crippen molar-refractivity contribution >= 4 is 32.8 Å². The molecular formula is C9H7BrClFO. The molecule has 0 aliphatic rings. The molecule has 0 fully saturated rings. The molecule has 0 bridgehead atoms. The van der Waals surface area contributed by atoms with Crippen molar-refractivity contribution in [2.45, 2.75) is 12.8 Å². The van der Waals surface area contributed by atoms with Gasteiger partial charge in [0.25, 0.3) is 0 Å². The first-order valence-corrected chi connectivity index (χ1v) is 4.89. The largest absolute Gasteiger partial charge is 0.281 e. The molecule has 70 valence electrons. The molecule has 0 N–H and O–H groups in total. The molecule has 13 heavy (non-hydrogen) atoms. The first-order valence-electron chi connectivity index (χ1n) is 3.72. The van der Waals surface area contributed by atoms with E-state index in [4.69, 9.17) is 11.6 Å². The number of hydrogen-bond acceptors (Lipinski definition) is 1. The molecule has 0 aliphatic heterocycles. The Morgan fingerprint density at radius 2 is 2.23 bits per heavy atom. The number of carbonyl (C=O) groups excluding carboxylic acids is 1. The van der Waals surface area contributed by atoms with E-state index >= 15 is 0 Å². The van der Waals surface area contributed by atoms with Gasteiger partial charge in [-0.1, -0.05) is 22.0 Å². The van der Waals surface area contributed by atoms with Gasteiger partial charge in [0.2, 0.25) is 5.24 Å². The zero-order valence-electron chi connectivity index (χ0n) is 6.69. The maximum absolute atomic E-state index is 13.1. The van der Waals surface area contributed by atoms with Gasteiger partial charge in [-0.3, -0.25) is 4.79 Å². The van der Waals surface area contributed by atoms with Gasteiger partial charge in [-0.15, -0.1) is 0 Å². The predicted octanol–water partition coefficient (Wildman–Crippen LogP) is 3.29. The Hall–Kier alpha value is -0.410. The lowest BCUT2D eigenvalue weighted by Gasteiger charge is -2.00. The molecule has 0 heterocycles. The molecule has 0 saturated heterocycles. The Labute approximate surface area is 89.0 Å². The molecule has 1 nitrogen and oxygen atoms in total. The van der Waals surface area contributed by atoms with Crippen LogP contribution in [-0.4, -0.2) is 5.24 Å². The first kappa shape index (κ1) is 10.7. The van der Waals surface area contributed by atoms with E-state index in [0.717, 1.165) is 0 Å². The summed E-state index contributed by atoms with van der Waals surface area (Å²) >= 11 is 8.28. The summed E-state index contributed by atoms with van der Waals surface area (Å²) in [5.41, 5.74) is 0.511. The van der Waals surface area contributed by atoms with E-state index in [0.29, 0.717) is 16.5 Å². The third kappa shape index (κ3) is 3.44. The molecule has 1 aromatic rings. The molecule has 0 amide bonds. The fourth-order valence-electron chi connectivity index (χ4n) is 0.957. The molecule has 0 atom stereocenters. The average molecular weight is 266 g/mol. The molecule has 0 spiro atoms. The Morgan fingerprint density at radius 3 is 2.77 bits per heavy atom. The molecule has 4 heteroatoms. The second-order valence-corrected chi connectivity index (χ2v) is 3.93. The monoisotopic (exact) mass is 264 g/mol. The molecule has 0 unspecified atom stereocenters. The van der Waals surface area contributed by atoms with E-state index in [1.807, 2.05) is 0 Å². The predicted molar refractivity (Wildman–Crippen MR) is 53.3 cm³/mol. The summed E-state index contributed by atoms with van der Waals surface area (Å²) in [5, 5.41) is -0.442. The topological polar surface area (TPSA) is 17.1 Å². The second-order valence-electron chi connectivity index (χ2n) is 2.59. The summed E-state index contributed by atoms with van der Waals surface area (Å²) in [6, 6.07) is 4.74. The van der Waals surface area contributed by atoms with Crippen LogP contribution < -0.4 is 0 Å². The second kappa shape index (κ2) is 4.72. The summed E-state index contributed by atoms with van der Waals surface area (Å²) < 4.78 is 13.8. The summed E-state index contributed by atoms with van der Waals surface area (Å²) in [6.45, 7) is 0. The lowest BCUT2D eigenvalue weighted by atomic mass is 10.1. The molecule has 1 aromatic carbocycles. The zero-order valence-corrected chi connectivity index (χ0v) is 9.03. The van der Waals surface area contributed by atoms with Crippen LogP contribution in [0.4, 0.5) is 4.39 Å². The Bertz CT molecular complexity index is 327. The van der Waals surface area contributed by atoms with Gasteiger partial charge in [0.15, 0.2) is 0 Å². The minimum Gasteiger partial charge on any atom is -0.281 e. The van der Waals surface area contributed by atoms with Crippen molar-refractivity contribution in [2.24, 2.45) is 0 Å². The maximum Gasteiger partial charge on any atom is 0.221 e. The van der Waals surface area contributed by atoms with Crippen LogP contribution in [0.2, 0.25) is 0 Å². The van der Waals surface area contributed by atoms with Crippen molar-refractivity contribution in [3.05, 3.63) is 34.1 Å². The van der Waals surface area contributed by atoms with Crippen molar-refractivity contribution in [2.75, 3.05) is 0 Å². The van der Waals surface area contributed by atoms with Crippen LogP contribution in [0.3, 0.4) is 0 Å². The lowest BCUT2D eigenvalue weighted by Crippen LogP contribution is -1.94. The summed E-state index contributed by atoms with van der Waals surface area (Å²) in [4.78, 5) is 10.4. The van der Waals surface area contributed by atoms with Gasteiger partial charge in [0.1, 0.15) is 5.82 Å². The van der Waals surface area contributed by atoms with Crippen LogP contribution in [0.1, 0.15) is 12.0 Å². The van der Waals surface area contributed by atoms with Crippen LogP contribution in [0.5, 0.6) is 0 Å². The van der Waals surface area contributed by atoms with Gasteiger partial charge in [-0.05, 0) is 35.7 Å². The van der Waals surface area contributed by atoms with Crippen LogP contribution in [0, 0.1) is 5.82 Å². The highest BCUT2D eigenvalue weighted by atomic mass is 79.9. The minimum atomic E-state index is -0.442. The van der Waals surface area contributed by atoms with Gasteiger partial charge in [0, 0.05) is 10.9 Å². The van der Waals surface area contributed by atoms with Crippen LogP contribution in [0.15, 0.2) is 22.7 Å². The summed E-state index contributed by atoms with van der Waals surface area (Å²) in [6.07, 6.45) is 0.515. The molecule has 0 aliphatic carbocycles. The molecule has 0 aromatic heterocycles. The molecule has 1 rings (SSSR count). The quantitative estimate of drug-likeness (QED) is 0.767. The van der Waals surface area contributed by atoms with Gasteiger partial charge >= 0.3 is 0 Å². The van der Waals surface area contributed by atoms with Crippen LogP contribution >= 0.6 is 27.5 Å². The van der Waals surface area contributed by atoms with Crippen molar-refractivity contribution < 1.29 is 9.18 Å². The van der Waals surface area contributed by atoms with Crippen molar-refractivity contribution in [1.29, 1.82) is 0 Å². The van der Waals surface area contributed by atoms with Crippen molar-refractivity contribution in [1.82, 2.24) is 0 Å². The lowest BCUT2D eigenvalue weighted by molar-refractivity contribution is -0.111. The molecule has 0 radical (unpaired) electrons. The normalized spacial score (nSPS) is 10.1. The highest BCUT2D eigenvalue weighted by Crippen LogP contribution is 2.16. The number of benzene rings is 1. The van der Waals surface area contributed by atoms with E-state index < -0.39 is 5.24 Å². The van der Waals surface area contributed by atoms with E-state index in [2.05, 4.69) is 15.9 Å². The first-order chi connectivity index (χ1) is 6.09. The highest BCUT2D eigenvalue weighted by Gasteiger charge is 2.04. The van der Waals surface area contributed by atoms with Gasteiger partial charge in [-0.2, -0.15) is 0 Å². The standard InChI is InChI=1S/C9H7BrClFO/c10-7-3-1-6(8(12)5-7)2-4-9(11)13/h1,3,5H,2,4H2. The van der Waals surface area contributed by atoms with Gasteiger partial charge in [0.05, 0.1) is 0 Å². The fraction of sp³-hybridized carbons (Fsp3) is 0.222. The average Bonchev–Trinajstić information content (AvgIpc) is 2.02. The number of halogens is 3. The number of carbonyl (C=O) groups is 1. The highest BCUT2D eigenvalue weighted by molar-refractivity contribution is 9.10. The summed E-state index contributed by atoms with van der Waals surface area (Å²) in [7, 11) is 0. The number of aryl methyl sites for hydroxylation is 1. The number of hydrogen-bond donors (Lipinski definition) is 0. The molecule has 0 saturated carbocycles.